The number of aromatic nitrogens is 2. The van der Waals surface area contributed by atoms with Crippen LogP contribution in [0, 0.1) is 20.8 Å². The van der Waals surface area contributed by atoms with Crippen molar-refractivity contribution in [1.82, 2.24) is 9.97 Å². The van der Waals surface area contributed by atoms with Gasteiger partial charge >= 0.3 is 0 Å². The van der Waals surface area contributed by atoms with Crippen LogP contribution < -0.4 is 5.56 Å². The highest BCUT2D eigenvalue weighted by molar-refractivity contribution is 5.62. The second-order valence-corrected chi connectivity index (χ2v) is 5.39. The molecule has 0 saturated heterocycles. The molecule has 104 valence electrons. The van der Waals surface area contributed by atoms with Crippen LogP contribution in [0.3, 0.4) is 0 Å². The molecule has 20 heavy (non-hydrogen) atoms. The van der Waals surface area contributed by atoms with E-state index in [0.29, 0.717) is 31.0 Å². The third-order valence-electron chi connectivity index (χ3n) is 3.93. The number of fused-ring (bicyclic) bond motifs is 1. The molecule has 1 aromatic heterocycles. The van der Waals surface area contributed by atoms with E-state index in [4.69, 9.17) is 4.74 Å². The molecule has 0 bridgehead atoms. The summed E-state index contributed by atoms with van der Waals surface area (Å²) in [5.41, 5.74) is 6.04. The molecule has 1 aromatic carbocycles. The minimum atomic E-state index is -0.0812. The normalized spacial score (nSPS) is 14.2. The molecule has 0 aliphatic carbocycles. The van der Waals surface area contributed by atoms with Crippen molar-refractivity contribution in [2.75, 3.05) is 6.61 Å². The highest BCUT2D eigenvalue weighted by atomic mass is 16.5. The molecule has 2 aromatic rings. The first-order valence-corrected chi connectivity index (χ1v) is 6.84. The third kappa shape index (κ3) is 2.16. The Balaban J connectivity index is 2.18. The lowest BCUT2D eigenvalue weighted by Crippen LogP contribution is -2.24. The number of H-pyrrole nitrogens is 1. The molecule has 1 aliphatic rings. The Morgan fingerprint density at radius 2 is 1.90 bits per heavy atom. The zero-order chi connectivity index (χ0) is 14.3. The van der Waals surface area contributed by atoms with Gasteiger partial charge in [-0.2, -0.15) is 0 Å². The lowest BCUT2D eigenvalue weighted by molar-refractivity contribution is 0.108. The minimum Gasteiger partial charge on any atom is -0.376 e. The van der Waals surface area contributed by atoms with E-state index in [-0.39, 0.29) is 5.56 Å². The van der Waals surface area contributed by atoms with Crippen LogP contribution in [-0.4, -0.2) is 16.6 Å². The number of aryl methyl sites for hydroxylation is 3. The highest BCUT2D eigenvalue weighted by Gasteiger charge is 2.17. The number of nitrogens with one attached hydrogen (secondary N) is 1. The molecular formula is C16H18N2O2. The Morgan fingerprint density at radius 3 is 2.70 bits per heavy atom. The SMILES string of the molecule is Cc1cc(C)c(-c2nc3c(c(=O)[nH]2)COCC3)cc1C. The van der Waals surface area contributed by atoms with Gasteiger partial charge in [0.25, 0.3) is 5.56 Å². The number of benzene rings is 1. The van der Waals surface area contributed by atoms with Crippen LogP contribution in [0.1, 0.15) is 27.9 Å². The van der Waals surface area contributed by atoms with Gasteiger partial charge in [0, 0.05) is 12.0 Å². The fourth-order valence-electron chi connectivity index (χ4n) is 2.59. The van der Waals surface area contributed by atoms with E-state index >= 15 is 0 Å². The van der Waals surface area contributed by atoms with Crippen LogP contribution in [0.5, 0.6) is 0 Å². The molecule has 0 atom stereocenters. The zero-order valence-corrected chi connectivity index (χ0v) is 12.0. The molecule has 1 aliphatic heterocycles. The van der Waals surface area contributed by atoms with Crippen molar-refractivity contribution in [3.63, 3.8) is 0 Å². The first kappa shape index (κ1) is 13.1. The van der Waals surface area contributed by atoms with E-state index in [1.165, 1.54) is 11.1 Å². The maximum atomic E-state index is 12.1. The van der Waals surface area contributed by atoms with Gasteiger partial charge in [0.1, 0.15) is 5.82 Å². The van der Waals surface area contributed by atoms with Gasteiger partial charge in [-0.05, 0) is 43.5 Å². The molecule has 0 radical (unpaired) electrons. The molecule has 0 fully saturated rings. The smallest absolute Gasteiger partial charge is 0.256 e. The van der Waals surface area contributed by atoms with Crippen molar-refractivity contribution in [2.45, 2.75) is 33.8 Å². The molecule has 1 N–H and O–H groups in total. The predicted octanol–water partition coefficient (Wildman–Crippen LogP) is 2.43. The predicted molar refractivity (Wildman–Crippen MR) is 77.9 cm³/mol. The summed E-state index contributed by atoms with van der Waals surface area (Å²) < 4.78 is 5.32. The molecular weight excluding hydrogens is 252 g/mol. The van der Waals surface area contributed by atoms with E-state index in [1.807, 2.05) is 6.92 Å². The Kier molecular flexibility index (Phi) is 3.18. The van der Waals surface area contributed by atoms with Gasteiger partial charge in [-0.25, -0.2) is 4.98 Å². The van der Waals surface area contributed by atoms with Crippen molar-refractivity contribution in [3.8, 4) is 11.4 Å². The largest absolute Gasteiger partial charge is 0.376 e. The van der Waals surface area contributed by atoms with E-state index < -0.39 is 0 Å². The van der Waals surface area contributed by atoms with Gasteiger partial charge in [-0.3, -0.25) is 4.79 Å². The van der Waals surface area contributed by atoms with Gasteiger partial charge in [0.2, 0.25) is 0 Å². The number of ether oxygens (including phenoxy) is 1. The Labute approximate surface area is 117 Å². The monoisotopic (exact) mass is 270 g/mol. The lowest BCUT2D eigenvalue weighted by atomic mass is 10.00. The Morgan fingerprint density at radius 1 is 1.15 bits per heavy atom. The molecule has 4 nitrogen and oxygen atoms in total. The molecule has 3 rings (SSSR count). The van der Waals surface area contributed by atoms with E-state index in [0.717, 1.165) is 16.8 Å². The second-order valence-electron chi connectivity index (χ2n) is 5.39. The number of aromatic amines is 1. The summed E-state index contributed by atoms with van der Waals surface area (Å²) >= 11 is 0. The summed E-state index contributed by atoms with van der Waals surface area (Å²) in [6.07, 6.45) is 0.705. The quantitative estimate of drug-likeness (QED) is 0.866. The van der Waals surface area contributed by atoms with Crippen LogP contribution >= 0.6 is 0 Å². The van der Waals surface area contributed by atoms with Gasteiger partial charge in [0.15, 0.2) is 0 Å². The maximum Gasteiger partial charge on any atom is 0.256 e. The molecule has 0 spiro atoms. The van der Waals surface area contributed by atoms with Gasteiger partial charge in [0.05, 0.1) is 24.5 Å². The standard InChI is InChI=1S/C16H18N2O2/c1-9-6-11(3)12(7-10(9)2)15-17-14-4-5-20-8-13(14)16(19)18-15/h6-7H,4-5,8H2,1-3H3,(H,17,18,19). The minimum absolute atomic E-state index is 0.0812. The zero-order valence-electron chi connectivity index (χ0n) is 12.0. The average molecular weight is 270 g/mol. The molecule has 2 heterocycles. The van der Waals surface area contributed by atoms with Gasteiger partial charge in [-0.15, -0.1) is 0 Å². The molecule has 0 unspecified atom stereocenters. The first-order chi connectivity index (χ1) is 9.56. The maximum absolute atomic E-state index is 12.1. The van der Waals surface area contributed by atoms with Crippen molar-refractivity contribution >= 4 is 0 Å². The van der Waals surface area contributed by atoms with E-state index in [2.05, 4.69) is 35.9 Å². The van der Waals surface area contributed by atoms with E-state index in [9.17, 15) is 4.79 Å². The summed E-state index contributed by atoms with van der Waals surface area (Å²) in [6.45, 7) is 7.21. The van der Waals surface area contributed by atoms with Crippen LogP contribution in [0.4, 0.5) is 0 Å². The number of hydrogen-bond donors (Lipinski definition) is 1. The summed E-state index contributed by atoms with van der Waals surface area (Å²) in [5, 5.41) is 0. The van der Waals surface area contributed by atoms with Crippen molar-refractivity contribution < 1.29 is 4.74 Å². The summed E-state index contributed by atoms with van der Waals surface area (Å²) in [5.74, 6) is 0.663. The average Bonchev–Trinajstić information content (AvgIpc) is 2.43. The number of nitrogens with zero attached hydrogens (tertiary/aromatic N) is 1. The highest BCUT2D eigenvalue weighted by Crippen LogP contribution is 2.24. The number of hydrogen-bond acceptors (Lipinski definition) is 3. The fourth-order valence-corrected chi connectivity index (χ4v) is 2.59. The summed E-state index contributed by atoms with van der Waals surface area (Å²) in [6, 6.07) is 4.22. The molecule has 0 amide bonds. The van der Waals surface area contributed by atoms with E-state index in [1.54, 1.807) is 0 Å². The van der Waals surface area contributed by atoms with Crippen LogP contribution in [0.25, 0.3) is 11.4 Å². The first-order valence-electron chi connectivity index (χ1n) is 6.84. The lowest BCUT2D eigenvalue weighted by Gasteiger charge is -2.16. The second kappa shape index (κ2) is 4.87. The Bertz CT molecular complexity index is 732. The fraction of sp³-hybridized carbons (Fsp3) is 0.375. The van der Waals surface area contributed by atoms with Crippen molar-refractivity contribution in [1.29, 1.82) is 0 Å². The molecule has 0 saturated carbocycles. The van der Waals surface area contributed by atoms with Crippen molar-refractivity contribution in [3.05, 3.63) is 50.4 Å². The van der Waals surface area contributed by atoms with Gasteiger partial charge in [-0.1, -0.05) is 6.07 Å². The van der Waals surface area contributed by atoms with Crippen molar-refractivity contribution in [2.24, 2.45) is 0 Å². The third-order valence-corrected chi connectivity index (χ3v) is 3.93. The topological polar surface area (TPSA) is 55.0 Å². The number of rotatable bonds is 1. The molecule has 4 heteroatoms. The summed E-state index contributed by atoms with van der Waals surface area (Å²) in [4.78, 5) is 19.7. The Hall–Kier alpha value is -1.94. The van der Waals surface area contributed by atoms with Crippen LogP contribution in [0.2, 0.25) is 0 Å². The van der Waals surface area contributed by atoms with Crippen LogP contribution in [0.15, 0.2) is 16.9 Å². The van der Waals surface area contributed by atoms with Gasteiger partial charge < -0.3 is 9.72 Å². The van der Waals surface area contributed by atoms with Crippen LogP contribution in [-0.2, 0) is 17.8 Å². The summed E-state index contributed by atoms with van der Waals surface area (Å²) in [7, 11) is 0.